The number of hydrogen-bond donors (Lipinski definition) is 1. The maximum Gasteiger partial charge on any atom is 0.322 e. The molecule has 0 saturated carbocycles. The van der Waals surface area contributed by atoms with E-state index in [0.717, 1.165) is 17.8 Å². The number of carbonyl (C=O) groups excluding carboxylic acids is 1. The van der Waals surface area contributed by atoms with Gasteiger partial charge in [-0.2, -0.15) is 0 Å². The van der Waals surface area contributed by atoms with Gasteiger partial charge >= 0.3 is 6.03 Å². The van der Waals surface area contributed by atoms with Crippen molar-refractivity contribution in [2.45, 2.75) is 6.54 Å². The third kappa shape index (κ3) is 4.90. The van der Waals surface area contributed by atoms with Crippen LogP contribution in [0.15, 0.2) is 60.7 Å². The van der Waals surface area contributed by atoms with Gasteiger partial charge in [0.1, 0.15) is 0 Å². The molecule has 0 aliphatic carbocycles. The van der Waals surface area contributed by atoms with Gasteiger partial charge in [-0.3, -0.25) is 4.90 Å². The Kier molecular flexibility index (Phi) is 5.98. The maximum atomic E-state index is 12.5. The summed E-state index contributed by atoms with van der Waals surface area (Å²) >= 11 is 0. The summed E-state index contributed by atoms with van der Waals surface area (Å²) in [5.41, 5.74) is 2.00. The van der Waals surface area contributed by atoms with Gasteiger partial charge in [0.15, 0.2) is 0 Å². The van der Waals surface area contributed by atoms with E-state index in [1.165, 1.54) is 0 Å². The molecule has 4 nitrogen and oxygen atoms in total. The van der Waals surface area contributed by atoms with E-state index in [2.05, 4.69) is 5.32 Å². The predicted molar refractivity (Wildman–Crippen MR) is 91.0 cm³/mol. The fourth-order valence-corrected chi connectivity index (χ4v) is 2.14. The Labute approximate surface area is 132 Å². The summed E-state index contributed by atoms with van der Waals surface area (Å²) in [4.78, 5) is 16.3. The molecule has 116 valence electrons. The van der Waals surface area contributed by atoms with Crippen LogP contribution in [0.1, 0.15) is 5.56 Å². The SMILES string of the molecule is CN(C)CCNC(=O)N(Cc1ccccc1)c1ccccc1. The van der Waals surface area contributed by atoms with Crippen molar-refractivity contribution in [1.82, 2.24) is 10.2 Å². The molecule has 0 heterocycles. The Morgan fingerprint density at radius 3 is 2.14 bits per heavy atom. The first-order chi connectivity index (χ1) is 10.7. The third-order valence-electron chi connectivity index (χ3n) is 3.33. The van der Waals surface area contributed by atoms with E-state index in [4.69, 9.17) is 0 Å². The van der Waals surface area contributed by atoms with E-state index in [1.54, 1.807) is 4.90 Å². The molecule has 4 heteroatoms. The van der Waals surface area contributed by atoms with Gasteiger partial charge in [0.25, 0.3) is 0 Å². The van der Waals surface area contributed by atoms with Gasteiger partial charge in [0, 0.05) is 18.8 Å². The first-order valence-electron chi connectivity index (χ1n) is 7.46. The van der Waals surface area contributed by atoms with Crippen molar-refractivity contribution < 1.29 is 4.79 Å². The molecule has 0 aromatic heterocycles. The zero-order valence-corrected chi connectivity index (χ0v) is 13.2. The molecule has 1 N–H and O–H groups in total. The van der Waals surface area contributed by atoms with Crippen molar-refractivity contribution in [3.05, 3.63) is 66.2 Å². The van der Waals surface area contributed by atoms with Crippen LogP contribution in [0.25, 0.3) is 0 Å². The minimum Gasteiger partial charge on any atom is -0.336 e. The van der Waals surface area contributed by atoms with Gasteiger partial charge < -0.3 is 10.2 Å². The highest BCUT2D eigenvalue weighted by atomic mass is 16.2. The minimum absolute atomic E-state index is 0.0723. The number of nitrogens with zero attached hydrogens (tertiary/aromatic N) is 2. The van der Waals surface area contributed by atoms with Crippen LogP contribution in [0.5, 0.6) is 0 Å². The van der Waals surface area contributed by atoms with Crippen LogP contribution in [0.4, 0.5) is 10.5 Å². The number of hydrogen-bond acceptors (Lipinski definition) is 2. The van der Waals surface area contributed by atoms with E-state index in [-0.39, 0.29) is 6.03 Å². The van der Waals surface area contributed by atoms with Crippen LogP contribution in [0.2, 0.25) is 0 Å². The number of anilines is 1. The molecule has 0 unspecified atom stereocenters. The molecule has 0 fully saturated rings. The number of urea groups is 1. The molecule has 0 bridgehead atoms. The van der Waals surface area contributed by atoms with Crippen LogP contribution >= 0.6 is 0 Å². The summed E-state index contributed by atoms with van der Waals surface area (Å²) in [7, 11) is 3.98. The molecule has 2 aromatic rings. The maximum absolute atomic E-state index is 12.5. The molecule has 0 radical (unpaired) electrons. The van der Waals surface area contributed by atoms with Crippen molar-refractivity contribution in [1.29, 1.82) is 0 Å². The molecule has 2 amide bonds. The first kappa shape index (κ1) is 16.0. The molecule has 0 atom stereocenters. The lowest BCUT2D eigenvalue weighted by molar-refractivity contribution is 0.244. The molecule has 22 heavy (non-hydrogen) atoms. The molecular formula is C18H23N3O. The Balaban J connectivity index is 2.10. The lowest BCUT2D eigenvalue weighted by atomic mass is 10.2. The summed E-state index contributed by atoms with van der Waals surface area (Å²) < 4.78 is 0. The van der Waals surface area contributed by atoms with Gasteiger partial charge in [-0.05, 0) is 31.8 Å². The van der Waals surface area contributed by atoms with Gasteiger partial charge in [0.05, 0.1) is 6.54 Å². The van der Waals surface area contributed by atoms with E-state index in [0.29, 0.717) is 13.1 Å². The second-order valence-corrected chi connectivity index (χ2v) is 5.44. The van der Waals surface area contributed by atoms with Crippen molar-refractivity contribution in [3.63, 3.8) is 0 Å². The summed E-state index contributed by atoms with van der Waals surface area (Å²) in [5, 5.41) is 2.98. The second-order valence-electron chi connectivity index (χ2n) is 5.44. The fraction of sp³-hybridized carbons (Fsp3) is 0.278. The largest absolute Gasteiger partial charge is 0.336 e. The highest BCUT2D eigenvalue weighted by Gasteiger charge is 2.15. The summed E-state index contributed by atoms with van der Waals surface area (Å²) in [5.74, 6) is 0. The standard InChI is InChI=1S/C18H23N3O/c1-20(2)14-13-19-18(22)21(17-11-7-4-8-12-17)15-16-9-5-3-6-10-16/h3-12H,13-15H2,1-2H3,(H,19,22). The summed E-state index contributed by atoms with van der Waals surface area (Å²) in [6, 6.07) is 19.7. The highest BCUT2D eigenvalue weighted by Crippen LogP contribution is 2.16. The lowest BCUT2D eigenvalue weighted by Crippen LogP contribution is -2.42. The number of rotatable bonds is 6. The number of nitrogens with one attached hydrogen (secondary N) is 1. The summed E-state index contributed by atoms with van der Waals surface area (Å²) in [6.45, 7) is 2.00. The normalized spacial score (nSPS) is 10.5. The molecule has 2 aromatic carbocycles. The van der Waals surface area contributed by atoms with E-state index in [1.807, 2.05) is 79.7 Å². The average Bonchev–Trinajstić information content (AvgIpc) is 2.54. The molecule has 0 saturated heterocycles. The molecule has 0 spiro atoms. The summed E-state index contributed by atoms with van der Waals surface area (Å²) in [6.07, 6.45) is 0. The highest BCUT2D eigenvalue weighted by molar-refractivity contribution is 5.91. The molecule has 0 aliphatic heterocycles. The third-order valence-corrected chi connectivity index (χ3v) is 3.33. The van der Waals surface area contributed by atoms with E-state index < -0.39 is 0 Å². The van der Waals surface area contributed by atoms with Crippen LogP contribution in [0.3, 0.4) is 0 Å². The quantitative estimate of drug-likeness (QED) is 0.890. The monoisotopic (exact) mass is 297 g/mol. The Bertz CT molecular complexity index is 569. The predicted octanol–water partition coefficient (Wildman–Crippen LogP) is 2.96. The average molecular weight is 297 g/mol. The zero-order valence-electron chi connectivity index (χ0n) is 13.2. The Morgan fingerprint density at radius 1 is 0.955 bits per heavy atom. The minimum atomic E-state index is -0.0723. The Morgan fingerprint density at radius 2 is 1.55 bits per heavy atom. The van der Waals surface area contributed by atoms with Crippen LogP contribution in [0, 0.1) is 0 Å². The van der Waals surface area contributed by atoms with Gasteiger partial charge in [-0.25, -0.2) is 4.79 Å². The van der Waals surface area contributed by atoms with Gasteiger partial charge in [-0.15, -0.1) is 0 Å². The fourth-order valence-electron chi connectivity index (χ4n) is 2.14. The number of amides is 2. The van der Waals surface area contributed by atoms with Crippen LogP contribution < -0.4 is 10.2 Å². The number of benzene rings is 2. The topological polar surface area (TPSA) is 35.6 Å². The zero-order chi connectivity index (χ0) is 15.8. The second kappa shape index (κ2) is 8.20. The number of likely N-dealkylation sites (N-methyl/N-ethyl adjacent to an activating group) is 1. The number of para-hydroxylation sites is 1. The van der Waals surface area contributed by atoms with E-state index >= 15 is 0 Å². The van der Waals surface area contributed by atoms with Crippen LogP contribution in [-0.4, -0.2) is 38.1 Å². The van der Waals surface area contributed by atoms with Crippen molar-refractivity contribution >= 4 is 11.7 Å². The van der Waals surface area contributed by atoms with Crippen LogP contribution in [-0.2, 0) is 6.54 Å². The molecular weight excluding hydrogens is 274 g/mol. The van der Waals surface area contributed by atoms with Gasteiger partial charge in [0.2, 0.25) is 0 Å². The smallest absolute Gasteiger partial charge is 0.322 e. The Hall–Kier alpha value is -2.33. The number of carbonyl (C=O) groups is 1. The molecule has 2 rings (SSSR count). The first-order valence-corrected chi connectivity index (χ1v) is 7.46. The van der Waals surface area contributed by atoms with Crippen molar-refractivity contribution in [2.24, 2.45) is 0 Å². The van der Waals surface area contributed by atoms with E-state index in [9.17, 15) is 4.79 Å². The van der Waals surface area contributed by atoms with Crippen molar-refractivity contribution in [2.75, 3.05) is 32.1 Å². The molecule has 0 aliphatic rings. The lowest BCUT2D eigenvalue weighted by Gasteiger charge is -2.24. The van der Waals surface area contributed by atoms with Gasteiger partial charge in [-0.1, -0.05) is 48.5 Å². The van der Waals surface area contributed by atoms with Crippen molar-refractivity contribution in [3.8, 4) is 0 Å².